The molecule has 2 nitrogen and oxygen atoms in total. The first-order valence-corrected chi connectivity index (χ1v) is 7.36. The van der Waals surface area contributed by atoms with Gasteiger partial charge in [-0.3, -0.25) is 0 Å². The molecule has 94 valence electrons. The highest BCUT2D eigenvalue weighted by Crippen LogP contribution is 2.39. The second kappa shape index (κ2) is 4.11. The molecular weight excluding hydrogens is 220 g/mol. The number of hydrogen-bond donors (Lipinski definition) is 0. The van der Waals surface area contributed by atoms with Crippen LogP contribution in [0, 0.1) is 5.92 Å². The Hall–Kier alpha value is -1.31. The summed E-state index contributed by atoms with van der Waals surface area (Å²) in [6, 6.07) is 4.65. The van der Waals surface area contributed by atoms with Gasteiger partial charge in [0, 0.05) is 12.1 Å². The van der Waals surface area contributed by atoms with Crippen LogP contribution in [0.4, 0.5) is 0 Å². The normalized spacial score (nSPS) is 20.9. The van der Waals surface area contributed by atoms with Gasteiger partial charge in [-0.2, -0.15) is 0 Å². The van der Waals surface area contributed by atoms with E-state index >= 15 is 0 Å². The number of hydrogen-bond acceptors (Lipinski definition) is 1. The van der Waals surface area contributed by atoms with Gasteiger partial charge in [-0.15, -0.1) is 0 Å². The molecule has 2 aromatic rings. The van der Waals surface area contributed by atoms with Crippen LogP contribution in [-0.2, 0) is 6.42 Å². The van der Waals surface area contributed by atoms with E-state index in [-0.39, 0.29) is 0 Å². The summed E-state index contributed by atoms with van der Waals surface area (Å²) in [7, 11) is 0. The van der Waals surface area contributed by atoms with Gasteiger partial charge in [0.25, 0.3) is 0 Å². The molecule has 0 atom stereocenters. The fourth-order valence-corrected chi connectivity index (χ4v) is 3.38. The van der Waals surface area contributed by atoms with E-state index in [0.717, 1.165) is 11.8 Å². The standard InChI is InChI=1S/C16H20N2/c1-2-4-12(3-1)9-13-7-8-18-15(10-13)11-17-16(18)14-5-6-14/h7-8,10-12,14H,1-6,9H2. The van der Waals surface area contributed by atoms with Crippen LogP contribution < -0.4 is 0 Å². The maximum Gasteiger partial charge on any atom is 0.116 e. The van der Waals surface area contributed by atoms with E-state index in [4.69, 9.17) is 0 Å². The fraction of sp³-hybridized carbons (Fsp3) is 0.562. The Kier molecular flexibility index (Phi) is 2.42. The fourth-order valence-electron chi connectivity index (χ4n) is 3.38. The lowest BCUT2D eigenvalue weighted by Gasteiger charge is -2.09. The lowest BCUT2D eigenvalue weighted by atomic mass is 9.99. The van der Waals surface area contributed by atoms with Crippen LogP contribution in [0.25, 0.3) is 5.52 Å². The van der Waals surface area contributed by atoms with Gasteiger partial charge in [0.2, 0.25) is 0 Å². The molecule has 2 aromatic heterocycles. The number of aromatic nitrogens is 2. The first-order chi connectivity index (χ1) is 8.90. The minimum atomic E-state index is 0.730. The number of nitrogens with zero attached hydrogens (tertiary/aromatic N) is 2. The molecule has 0 unspecified atom stereocenters. The smallest absolute Gasteiger partial charge is 0.116 e. The zero-order valence-corrected chi connectivity index (χ0v) is 10.8. The molecule has 0 saturated heterocycles. The molecule has 2 saturated carbocycles. The Labute approximate surface area is 108 Å². The molecule has 0 bridgehead atoms. The van der Waals surface area contributed by atoms with E-state index in [1.54, 1.807) is 0 Å². The molecular formula is C16H20N2. The van der Waals surface area contributed by atoms with Crippen LogP contribution >= 0.6 is 0 Å². The van der Waals surface area contributed by atoms with Crippen LogP contribution in [0.2, 0.25) is 0 Å². The van der Waals surface area contributed by atoms with E-state index in [0.29, 0.717) is 0 Å². The van der Waals surface area contributed by atoms with Crippen molar-refractivity contribution in [3.63, 3.8) is 0 Å². The topological polar surface area (TPSA) is 17.3 Å². The summed E-state index contributed by atoms with van der Waals surface area (Å²) >= 11 is 0. The SMILES string of the molecule is c1cn2c(C3CC3)ncc2cc1CC1CCCC1. The molecule has 0 N–H and O–H groups in total. The van der Waals surface area contributed by atoms with Gasteiger partial charge in [-0.05, 0) is 42.9 Å². The third kappa shape index (κ3) is 1.84. The molecule has 2 heterocycles. The van der Waals surface area contributed by atoms with Gasteiger partial charge in [0.05, 0.1) is 11.7 Å². The van der Waals surface area contributed by atoms with Crippen molar-refractivity contribution in [1.29, 1.82) is 0 Å². The molecule has 2 heteroatoms. The Morgan fingerprint density at radius 2 is 2.00 bits per heavy atom. The van der Waals surface area contributed by atoms with Crippen LogP contribution in [0.5, 0.6) is 0 Å². The zero-order valence-electron chi connectivity index (χ0n) is 10.8. The third-order valence-electron chi connectivity index (χ3n) is 4.57. The number of rotatable bonds is 3. The Morgan fingerprint density at radius 1 is 1.17 bits per heavy atom. The predicted molar refractivity (Wildman–Crippen MR) is 72.8 cm³/mol. The lowest BCUT2D eigenvalue weighted by Crippen LogP contribution is -2.00. The average molecular weight is 240 g/mol. The van der Waals surface area contributed by atoms with Gasteiger partial charge in [0.1, 0.15) is 5.82 Å². The summed E-state index contributed by atoms with van der Waals surface area (Å²) in [5, 5.41) is 0. The summed E-state index contributed by atoms with van der Waals surface area (Å²) in [6.45, 7) is 0. The Morgan fingerprint density at radius 3 is 2.78 bits per heavy atom. The monoisotopic (exact) mass is 240 g/mol. The highest BCUT2D eigenvalue weighted by Gasteiger charge is 2.27. The maximum absolute atomic E-state index is 4.59. The first-order valence-electron chi connectivity index (χ1n) is 7.36. The van der Waals surface area contributed by atoms with Crippen LogP contribution in [0.3, 0.4) is 0 Å². The minimum absolute atomic E-state index is 0.730. The van der Waals surface area contributed by atoms with Crippen molar-refractivity contribution < 1.29 is 0 Å². The maximum atomic E-state index is 4.59. The quantitative estimate of drug-likeness (QED) is 0.794. The van der Waals surface area contributed by atoms with E-state index in [1.165, 1.54) is 61.9 Å². The first kappa shape index (κ1) is 10.6. The Balaban J connectivity index is 1.62. The number of fused-ring (bicyclic) bond motifs is 1. The number of pyridine rings is 1. The summed E-state index contributed by atoms with van der Waals surface area (Å²) in [5.41, 5.74) is 2.78. The van der Waals surface area contributed by atoms with Crippen molar-refractivity contribution in [2.45, 2.75) is 50.9 Å². The van der Waals surface area contributed by atoms with Gasteiger partial charge in [-0.1, -0.05) is 25.7 Å². The highest BCUT2D eigenvalue weighted by molar-refractivity contribution is 5.49. The van der Waals surface area contributed by atoms with Crippen molar-refractivity contribution in [3.8, 4) is 0 Å². The molecule has 0 amide bonds. The largest absolute Gasteiger partial charge is 0.304 e. The van der Waals surface area contributed by atoms with Gasteiger partial charge >= 0.3 is 0 Å². The van der Waals surface area contributed by atoms with E-state index in [2.05, 4.69) is 27.7 Å². The van der Waals surface area contributed by atoms with Gasteiger partial charge in [-0.25, -0.2) is 4.98 Å². The summed E-state index contributed by atoms with van der Waals surface area (Å²) in [5.74, 6) is 2.93. The van der Waals surface area contributed by atoms with Crippen LogP contribution in [-0.4, -0.2) is 9.38 Å². The van der Waals surface area contributed by atoms with Crippen LogP contribution in [0.15, 0.2) is 24.5 Å². The zero-order chi connectivity index (χ0) is 11.9. The average Bonchev–Trinajstić information content (AvgIpc) is 2.94. The van der Waals surface area contributed by atoms with Crippen molar-refractivity contribution in [1.82, 2.24) is 9.38 Å². The molecule has 18 heavy (non-hydrogen) atoms. The van der Waals surface area contributed by atoms with E-state index in [1.807, 2.05) is 6.20 Å². The summed E-state index contributed by atoms with van der Waals surface area (Å²) in [6.07, 6.45) is 13.9. The second-order valence-electron chi connectivity index (χ2n) is 6.08. The predicted octanol–water partition coefficient (Wildman–Crippen LogP) is 3.94. The summed E-state index contributed by atoms with van der Waals surface area (Å²) < 4.78 is 2.29. The molecule has 2 fully saturated rings. The number of imidazole rings is 1. The second-order valence-corrected chi connectivity index (χ2v) is 6.08. The van der Waals surface area contributed by atoms with E-state index < -0.39 is 0 Å². The van der Waals surface area contributed by atoms with Crippen LogP contribution in [0.1, 0.15) is 55.8 Å². The molecule has 0 spiro atoms. The molecule has 0 aromatic carbocycles. The Bertz CT molecular complexity index is 559. The van der Waals surface area contributed by atoms with Crippen molar-refractivity contribution in [3.05, 3.63) is 35.9 Å². The molecule has 0 aliphatic heterocycles. The van der Waals surface area contributed by atoms with E-state index in [9.17, 15) is 0 Å². The third-order valence-corrected chi connectivity index (χ3v) is 4.57. The minimum Gasteiger partial charge on any atom is -0.304 e. The van der Waals surface area contributed by atoms with Crippen molar-refractivity contribution in [2.75, 3.05) is 0 Å². The van der Waals surface area contributed by atoms with Crippen molar-refractivity contribution in [2.24, 2.45) is 5.92 Å². The van der Waals surface area contributed by atoms with Gasteiger partial charge < -0.3 is 4.40 Å². The molecule has 2 aliphatic carbocycles. The molecule has 4 rings (SSSR count). The van der Waals surface area contributed by atoms with Gasteiger partial charge in [0.15, 0.2) is 0 Å². The molecule has 0 radical (unpaired) electrons. The van der Waals surface area contributed by atoms with Crippen molar-refractivity contribution >= 4 is 5.52 Å². The summed E-state index contributed by atoms with van der Waals surface area (Å²) in [4.78, 5) is 4.59. The highest BCUT2D eigenvalue weighted by atomic mass is 15.0. The lowest BCUT2D eigenvalue weighted by molar-refractivity contribution is 0.546. The molecule has 2 aliphatic rings.